The van der Waals surface area contributed by atoms with Crippen molar-refractivity contribution in [2.45, 2.75) is 19.1 Å². The average Bonchev–Trinajstić information content (AvgIpc) is 2.47. The molecule has 1 aliphatic heterocycles. The van der Waals surface area contributed by atoms with Crippen molar-refractivity contribution in [3.05, 3.63) is 29.8 Å². The molecular weight excluding hydrogens is 268 g/mol. The fourth-order valence-electron chi connectivity index (χ4n) is 2.26. The standard InChI is InChI=1S/C15H20N4O2/c1-11(17)14-9-19(5-6-21-14)10-15(20)18-13-4-2-3-12(7-13)8-16/h2-4,7,11,14H,5-6,9-10,17H2,1H3,(H,18,20). The molecule has 0 aromatic heterocycles. The van der Waals surface area contributed by atoms with E-state index in [1.165, 1.54) is 0 Å². The lowest BCUT2D eigenvalue weighted by atomic mass is 10.1. The van der Waals surface area contributed by atoms with E-state index >= 15 is 0 Å². The molecule has 1 aromatic rings. The van der Waals surface area contributed by atoms with Crippen molar-refractivity contribution in [2.75, 3.05) is 31.6 Å². The number of benzene rings is 1. The molecule has 0 bridgehead atoms. The van der Waals surface area contributed by atoms with Crippen LogP contribution in [0.2, 0.25) is 0 Å². The normalized spacial score (nSPS) is 20.5. The Balaban J connectivity index is 1.88. The van der Waals surface area contributed by atoms with Crippen molar-refractivity contribution < 1.29 is 9.53 Å². The third kappa shape index (κ3) is 4.53. The zero-order valence-electron chi connectivity index (χ0n) is 12.1. The van der Waals surface area contributed by atoms with Gasteiger partial charge < -0.3 is 15.8 Å². The SMILES string of the molecule is CC(N)C1CN(CC(=O)Nc2cccc(C#N)c2)CCO1. The van der Waals surface area contributed by atoms with Crippen LogP contribution in [-0.2, 0) is 9.53 Å². The van der Waals surface area contributed by atoms with E-state index in [0.717, 1.165) is 6.54 Å². The summed E-state index contributed by atoms with van der Waals surface area (Å²) < 4.78 is 5.57. The van der Waals surface area contributed by atoms with Crippen molar-refractivity contribution in [1.29, 1.82) is 5.26 Å². The van der Waals surface area contributed by atoms with Crippen LogP contribution in [0, 0.1) is 11.3 Å². The van der Waals surface area contributed by atoms with Crippen LogP contribution in [0.1, 0.15) is 12.5 Å². The number of morpholine rings is 1. The molecule has 1 heterocycles. The van der Waals surface area contributed by atoms with E-state index in [9.17, 15) is 4.79 Å². The lowest BCUT2D eigenvalue weighted by Gasteiger charge is -2.34. The molecule has 2 rings (SSSR count). The first-order chi connectivity index (χ1) is 10.1. The third-order valence-corrected chi connectivity index (χ3v) is 3.41. The highest BCUT2D eigenvalue weighted by Gasteiger charge is 2.24. The van der Waals surface area contributed by atoms with E-state index in [4.69, 9.17) is 15.7 Å². The number of carbonyl (C=O) groups is 1. The molecule has 3 N–H and O–H groups in total. The summed E-state index contributed by atoms with van der Waals surface area (Å²) in [5.41, 5.74) is 6.99. The maximum atomic E-state index is 12.0. The summed E-state index contributed by atoms with van der Waals surface area (Å²) >= 11 is 0. The summed E-state index contributed by atoms with van der Waals surface area (Å²) in [6, 6.07) is 8.86. The van der Waals surface area contributed by atoms with Gasteiger partial charge in [0, 0.05) is 24.8 Å². The van der Waals surface area contributed by atoms with Crippen molar-refractivity contribution in [2.24, 2.45) is 5.73 Å². The van der Waals surface area contributed by atoms with Crippen LogP contribution in [0.5, 0.6) is 0 Å². The van der Waals surface area contributed by atoms with Gasteiger partial charge in [-0.15, -0.1) is 0 Å². The molecule has 6 nitrogen and oxygen atoms in total. The fourth-order valence-corrected chi connectivity index (χ4v) is 2.26. The molecule has 2 atom stereocenters. The minimum Gasteiger partial charge on any atom is -0.374 e. The van der Waals surface area contributed by atoms with Gasteiger partial charge in [-0.1, -0.05) is 6.07 Å². The molecule has 0 aliphatic carbocycles. The third-order valence-electron chi connectivity index (χ3n) is 3.41. The maximum absolute atomic E-state index is 12.0. The lowest BCUT2D eigenvalue weighted by molar-refractivity contribution is -0.119. The van der Waals surface area contributed by atoms with E-state index in [1.54, 1.807) is 24.3 Å². The number of nitrogens with one attached hydrogen (secondary N) is 1. The Bertz CT molecular complexity index is 539. The Hall–Kier alpha value is -1.94. The molecular formula is C15H20N4O2. The Morgan fingerprint density at radius 2 is 2.48 bits per heavy atom. The van der Waals surface area contributed by atoms with Gasteiger partial charge in [-0.05, 0) is 25.1 Å². The zero-order valence-corrected chi connectivity index (χ0v) is 12.1. The molecule has 1 amide bonds. The largest absolute Gasteiger partial charge is 0.374 e. The average molecular weight is 288 g/mol. The number of nitriles is 1. The van der Waals surface area contributed by atoms with E-state index in [-0.39, 0.29) is 18.1 Å². The van der Waals surface area contributed by atoms with Crippen molar-refractivity contribution in [3.63, 3.8) is 0 Å². The van der Waals surface area contributed by atoms with Crippen molar-refractivity contribution >= 4 is 11.6 Å². The monoisotopic (exact) mass is 288 g/mol. The summed E-state index contributed by atoms with van der Waals surface area (Å²) in [6.07, 6.45) is -0.0338. The summed E-state index contributed by atoms with van der Waals surface area (Å²) in [5.74, 6) is -0.101. The molecule has 1 aliphatic rings. The van der Waals surface area contributed by atoms with Gasteiger partial charge in [0.05, 0.1) is 30.9 Å². The molecule has 0 spiro atoms. The highest BCUT2D eigenvalue weighted by molar-refractivity contribution is 5.92. The molecule has 1 fully saturated rings. The summed E-state index contributed by atoms with van der Waals surface area (Å²) in [4.78, 5) is 14.1. The van der Waals surface area contributed by atoms with Crippen LogP contribution in [0.25, 0.3) is 0 Å². The number of nitrogens with two attached hydrogens (primary N) is 1. The molecule has 6 heteroatoms. The Morgan fingerprint density at radius 3 is 3.19 bits per heavy atom. The first kappa shape index (κ1) is 15.4. The number of hydrogen-bond acceptors (Lipinski definition) is 5. The van der Waals surface area contributed by atoms with Crippen LogP contribution >= 0.6 is 0 Å². The summed E-state index contributed by atoms with van der Waals surface area (Å²) in [6.45, 7) is 4.16. The van der Waals surface area contributed by atoms with Gasteiger partial charge in [0.15, 0.2) is 0 Å². The van der Waals surface area contributed by atoms with Crippen LogP contribution in [0.4, 0.5) is 5.69 Å². The second-order valence-corrected chi connectivity index (χ2v) is 5.24. The maximum Gasteiger partial charge on any atom is 0.238 e. The highest BCUT2D eigenvalue weighted by Crippen LogP contribution is 2.11. The fraction of sp³-hybridized carbons (Fsp3) is 0.467. The van der Waals surface area contributed by atoms with E-state index in [1.807, 2.05) is 17.9 Å². The van der Waals surface area contributed by atoms with Gasteiger partial charge in [0.1, 0.15) is 0 Å². The van der Waals surface area contributed by atoms with Crippen LogP contribution < -0.4 is 11.1 Å². The minimum absolute atomic E-state index is 0.0338. The Kier molecular flexibility index (Phi) is 5.28. The van der Waals surface area contributed by atoms with Gasteiger partial charge >= 0.3 is 0 Å². The van der Waals surface area contributed by atoms with Gasteiger partial charge in [0.25, 0.3) is 0 Å². The van der Waals surface area contributed by atoms with Crippen LogP contribution in [0.3, 0.4) is 0 Å². The lowest BCUT2D eigenvalue weighted by Crippen LogP contribution is -2.51. The van der Waals surface area contributed by atoms with Crippen molar-refractivity contribution in [1.82, 2.24) is 4.90 Å². The highest BCUT2D eigenvalue weighted by atomic mass is 16.5. The first-order valence-corrected chi connectivity index (χ1v) is 6.98. The first-order valence-electron chi connectivity index (χ1n) is 6.98. The summed E-state index contributed by atoms with van der Waals surface area (Å²) in [7, 11) is 0. The number of hydrogen-bond donors (Lipinski definition) is 2. The van der Waals surface area contributed by atoms with Crippen LogP contribution in [0.15, 0.2) is 24.3 Å². The number of amides is 1. The molecule has 1 aromatic carbocycles. The Morgan fingerprint density at radius 1 is 1.67 bits per heavy atom. The minimum atomic E-state index is -0.101. The predicted octanol–water partition coefficient (Wildman–Crippen LogP) is 0.545. The number of carbonyl (C=O) groups excluding carboxylic acids is 1. The molecule has 21 heavy (non-hydrogen) atoms. The number of ether oxygens (including phenoxy) is 1. The van der Waals surface area contributed by atoms with E-state index in [0.29, 0.717) is 30.9 Å². The van der Waals surface area contributed by atoms with Gasteiger partial charge in [0.2, 0.25) is 5.91 Å². The molecule has 0 saturated carbocycles. The van der Waals surface area contributed by atoms with Gasteiger partial charge in [-0.3, -0.25) is 9.69 Å². The van der Waals surface area contributed by atoms with Crippen molar-refractivity contribution in [3.8, 4) is 6.07 Å². The number of rotatable bonds is 4. The van der Waals surface area contributed by atoms with Gasteiger partial charge in [-0.2, -0.15) is 5.26 Å². The molecule has 1 saturated heterocycles. The second kappa shape index (κ2) is 7.18. The molecule has 112 valence electrons. The number of anilines is 1. The molecule has 0 radical (unpaired) electrons. The van der Waals surface area contributed by atoms with Gasteiger partial charge in [-0.25, -0.2) is 0 Å². The molecule has 2 unspecified atom stereocenters. The van der Waals surface area contributed by atoms with E-state index < -0.39 is 0 Å². The summed E-state index contributed by atoms with van der Waals surface area (Å²) in [5, 5.41) is 11.6. The van der Waals surface area contributed by atoms with E-state index in [2.05, 4.69) is 5.32 Å². The smallest absolute Gasteiger partial charge is 0.238 e. The quantitative estimate of drug-likeness (QED) is 0.844. The Labute approximate surface area is 124 Å². The number of nitrogens with zero attached hydrogens (tertiary/aromatic N) is 2. The predicted molar refractivity (Wildman–Crippen MR) is 79.6 cm³/mol. The van der Waals surface area contributed by atoms with Crippen LogP contribution in [-0.4, -0.2) is 49.2 Å². The second-order valence-electron chi connectivity index (χ2n) is 5.24. The zero-order chi connectivity index (χ0) is 15.2. The topological polar surface area (TPSA) is 91.4 Å².